The zero-order valence-corrected chi connectivity index (χ0v) is 12.9. The van der Waals surface area contributed by atoms with Crippen molar-refractivity contribution in [2.75, 3.05) is 18.1 Å². The third kappa shape index (κ3) is 3.22. The van der Waals surface area contributed by atoms with Gasteiger partial charge in [-0.05, 0) is 19.8 Å². The van der Waals surface area contributed by atoms with Gasteiger partial charge in [-0.2, -0.15) is 0 Å². The summed E-state index contributed by atoms with van der Waals surface area (Å²) in [6.45, 7) is 2.63. The third-order valence-electron chi connectivity index (χ3n) is 3.31. The fourth-order valence-electron chi connectivity index (χ4n) is 2.45. The lowest BCUT2D eigenvalue weighted by molar-refractivity contribution is -0.384. The fourth-order valence-corrected chi connectivity index (χ4v) is 3.14. The van der Waals surface area contributed by atoms with E-state index < -0.39 is 11.0 Å². The summed E-state index contributed by atoms with van der Waals surface area (Å²) in [5, 5.41) is 11.1. The minimum absolute atomic E-state index is 0.158. The Kier molecular flexibility index (Phi) is 4.90. The molecule has 0 N–H and O–H groups in total. The number of carbonyl (C=O) groups excluding carboxylic acids is 1. The third-order valence-corrected chi connectivity index (χ3v) is 3.89. The van der Waals surface area contributed by atoms with Crippen LogP contribution in [0.3, 0.4) is 0 Å². The molecule has 1 aliphatic heterocycles. The molecular weight excluding hydrogens is 319 g/mol. The van der Waals surface area contributed by atoms with E-state index in [9.17, 15) is 14.9 Å². The second-order valence-electron chi connectivity index (χ2n) is 4.62. The van der Waals surface area contributed by atoms with Crippen molar-refractivity contribution in [3.8, 4) is 0 Å². The van der Waals surface area contributed by atoms with Gasteiger partial charge in [0.2, 0.25) is 0 Å². The Bertz CT molecular complexity index is 556. The van der Waals surface area contributed by atoms with Crippen LogP contribution in [-0.4, -0.2) is 30.1 Å². The molecule has 2 rings (SSSR count). The lowest BCUT2D eigenvalue weighted by atomic mass is 10.2. The summed E-state index contributed by atoms with van der Waals surface area (Å²) in [4.78, 5) is 24.0. The average molecular weight is 333 g/mol. The molecule has 1 aliphatic rings. The van der Waals surface area contributed by atoms with Gasteiger partial charge >= 0.3 is 5.97 Å². The maximum Gasteiger partial charge on any atom is 0.328 e. The molecule has 0 spiro atoms. The number of ether oxygens (including phenoxy) is 1. The van der Waals surface area contributed by atoms with E-state index in [2.05, 4.69) is 0 Å². The molecule has 6 nitrogen and oxygen atoms in total. The monoisotopic (exact) mass is 332 g/mol. The van der Waals surface area contributed by atoms with Gasteiger partial charge in [0.15, 0.2) is 0 Å². The van der Waals surface area contributed by atoms with E-state index in [0.717, 1.165) is 6.42 Å². The summed E-state index contributed by atoms with van der Waals surface area (Å²) in [6.07, 6.45) is 1.44. The Balaban J connectivity index is 2.37. The highest BCUT2D eigenvalue weighted by atomic mass is 35.5. The van der Waals surface area contributed by atoms with Crippen molar-refractivity contribution in [1.29, 1.82) is 0 Å². The Hall–Kier alpha value is -1.53. The average Bonchev–Trinajstić information content (AvgIpc) is 2.87. The molecule has 21 heavy (non-hydrogen) atoms. The van der Waals surface area contributed by atoms with Gasteiger partial charge in [-0.1, -0.05) is 23.2 Å². The zero-order chi connectivity index (χ0) is 15.6. The van der Waals surface area contributed by atoms with Crippen LogP contribution >= 0.6 is 23.2 Å². The first-order chi connectivity index (χ1) is 9.95. The van der Waals surface area contributed by atoms with Gasteiger partial charge in [-0.25, -0.2) is 4.79 Å². The molecule has 0 aliphatic carbocycles. The smallest absolute Gasteiger partial charge is 0.328 e. The Morgan fingerprint density at radius 2 is 2.10 bits per heavy atom. The number of halogens is 2. The van der Waals surface area contributed by atoms with Crippen LogP contribution in [0, 0.1) is 10.1 Å². The molecule has 0 aromatic heterocycles. The van der Waals surface area contributed by atoms with Gasteiger partial charge in [0, 0.05) is 18.7 Å². The van der Waals surface area contributed by atoms with Crippen LogP contribution < -0.4 is 4.90 Å². The molecule has 0 bridgehead atoms. The molecule has 1 fully saturated rings. The fraction of sp³-hybridized carbons (Fsp3) is 0.462. The number of hydrogen-bond donors (Lipinski definition) is 0. The maximum atomic E-state index is 12.0. The predicted molar refractivity (Wildman–Crippen MR) is 80.1 cm³/mol. The Morgan fingerprint density at radius 3 is 2.62 bits per heavy atom. The molecule has 0 saturated carbocycles. The van der Waals surface area contributed by atoms with Crippen LogP contribution in [0.5, 0.6) is 0 Å². The van der Waals surface area contributed by atoms with Crippen LogP contribution in [-0.2, 0) is 9.53 Å². The van der Waals surface area contributed by atoms with E-state index in [1.165, 1.54) is 12.1 Å². The SMILES string of the molecule is CCOC(=O)C1CCCN1c1c(Cl)cc([N+](=O)[O-])cc1Cl. The molecule has 1 heterocycles. The van der Waals surface area contributed by atoms with Crippen LogP contribution in [0.1, 0.15) is 19.8 Å². The van der Waals surface area contributed by atoms with Gasteiger partial charge in [0.25, 0.3) is 5.69 Å². The molecule has 1 unspecified atom stereocenters. The van der Waals surface area contributed by atoms with Crippen molar-refractivity contribution in [1.82, 2.24) is 0 Å². The van der Waals surface area contributed by atoms with E-state index >= 15 is 0 Å². The highest BCUT2D eigenvalue weighted by Crippen LogP contribution is 2.40. The first-order valence-electron chi connectivity index (χ1n) is 6.52. The molecule has 0 radical (unpaired) electrons. The summed E-state index contributed by atoms with van der Waals surface area (Å²) in [5.41, 5.74) is 0.264. The van der Waals surface area contributed by atoms with E-state index in [0.29, 0.717) is 25.3 Å². The predicted octanol–water partition coefficient (Wildman–Crippen LogP) is 3.43. The largest absolute Gasteiger partial charge is 0.464 e. The lowest BCUT2D eigenvalue weighted by Gasteiger charge is -2.26. The van der Waals surface area contributed by atoms with Crippen molar-refractivity contribution < 1.29 is 14.5 Å². The quantitative estimate of drug-likeness (QED) is 0.479. The van der Waals surface area contributed by atoms with Crippen LogP contribution in [0.2, 0.25) is 10.0 Å². The summed E-state index contributed by atoms with van der Waals surface area (Å²) >= 11 is 12.2. The number of non-ortho nitro benzene ring substituents is 1. The first-order valence-corrected chi connectivity index (χ1v) is 7.28. The molecule has 8 heteroatoms. The molecular formula is C13H14Cl2N2O4. The number of esters is 1. The Labute approximate surface area is 131 Å². The lowest BCUT2D eigenvalue weighted by Crippen LogP contribution is -2.37. The van der Waals surface area contributed by atoms with E-state index in [1.807, 2.05) is 0 Å². The van der Waals surface area contributed by atoms with Gasteiger partial charge in [0.05, 0.1) is 27.3 Å². The molecule has 0 amide bonds. The number of nitrogens with zero attached hydrogens (tertiary/aromatic N) is 2. The van der Waals surface area contributed by atoms with E-state index in [4.69, 9.17) is 27.9 Å². The molecule has 114 valence electrons. The number of nitro benzene ring substituents is 1. The van der Waals surface area contributed by atoms with Crippen LogP contribution in [0.4, 0.5) is 11.4 Å². The molecule has 1 saturated heterocycles. The minimum Gasteiger partial charge on any atom is -0.464 e. The standard InChI is InChI=1S/C13H14Cl2N2O4/c1-2-21-13(18)11-4-3-5-16(11)12-9(14)6-8(17(19)20)7-10(12)15/h6-7,11H,2-5H2,1H3. The second kappa shape index (κ2) is 6.49. The summed E-state index contributed by atoms with van der Waals surface area (Å²) in [6, 6.07) is 2.02. The topological polar surface area (TPSA) is 72.7 Å². The van der Waals surface area contributed by atoms with Crippen LogP contribution in [0.15, 0.2) is 12.1 Å². The minimum atomic E-state index is -0.561. The van der Waals surface area contributed by atoms with Crippen molar-refractivity contribution >= 4 is 40.5 Å². The van der Waals surface area contributed by atoms with E-state index in [-0.39, 0.29) is 21.7 Å². The summed E-state index contributed by atoms with van der Waals surface area (Å²) < 4.78 is 5.04. The van der Waals surface area contributed by atoms with Crippen molar-refractivity contribution in [2.45, 2.75) is 25.8 Å². The second-order valence-corrected chi connectivity index (χ2v) is 5.43. The summed E-state index contributed by atoms with van der Waals surface area (Å²) in [5.74, 6) is -0.333. The van der Waals surface area contributed by atoms with Crippen molar-refractivity contribution in [3.63, 3.8) is 0 Å². The van der Waals surface area contributed by atoms with Gasteiger partial charge in [0.1, 0.15) is 6.04 Å². The van der Waals surface area contributed by atoms with Gasteiger partial charge in [-0.3, -0.25) is 10.1 Å². The number of benzene rings is 1. The molecule has 1 aromatic rings. The van der Waals surface area contributed by atoms with Crippen molar-refractivity contribution in [2.24, 2.45) is 0 Å². The number of rotatable bonds is 4. The highest BCUT2D eigenvalue weighted by molar-refractivity contribution is 6.39. The number of carbonyl (C=O) groups is 1. The molecule has 1 atom stereocenters. The van der Waals surface area contributed by atoms with E-state index in [1.54, 1.807) is 11.8 Å². The zero-order valence-electron chi connectivity index (χ0n) is 11.3. The highest BCUT2D eigenvalue weighted by Gasteiger charge is 2.34. The summed E-state index contributed by atoms with van der Waals surface area (Å²) in [7, 11) is 0. The number of nitro groups is 1. The van der Waals surface area contributed by atoms with Crippen LogP contribution in [0.25, 0.3) is 0 Å². The maximum absolute atomic E-state index is 12.0. The van der Waals surface area contributed by atoms with Gasteiger partial charge < -0.3 is 9.64 Å². The molecule has 1 aromatic carbocycles. The Morgan fingerprint density at radius 1 is 1.48 bits per heavy atom. The van der Waals surface area contributed by atoms with Gasteiger partial charge in [-0.15, -0.1) is 0 Å². The van der Waals surface area contributed by atoms with Crippen molar-refractivity contribution in [3.05, 3.63) is 32.3 Å². The normalized spacial score (nSPS) is 17.9. The number of hydrogen-bond acceptors (Lipinski definition) is 5. The first kappa shape index (κ1) is 15.9. The number of anilines is 1.